The molecule has 0 saturated carbocycles. The standard InChI is InChI=1S/C12H4BrCl5/c13-12-10(17)1-5(2-11(12)18)6-3-8(15)9(16)4-7(6)14/h1-4H. The minimum Gasteiger partial charge on any atom is -0.0836 e. The van der Waals surface area contributed by atoms with E-state index in [0.717, 1.165) is 11.1 Å². The van der Waals surface area contributed by atoms with E-state index >= 15 is 0 Å². The molecular formula is C12H4BrCl5. The molecule has 0 amide bonds. The number of hydrogen-bond donors (Lipinski definition) is 0. The summed E-state index contributed by atoms with van der Waals surface area (Å²) in [5, 5.41) is 2.31. The van der Waals surface area contributed by atoms with Gasteiger partial charge in [-0.15, -0.1) is 0 Å². The first kappa shape index (κ1) is 14.8. The quantitative estimate of drug-likeness (QED) is 0.343. The molecule has 94 valence electrons. The molecular weight excluding hydrogens is 401 g/mol. The van der Waals surface area contributed by atoms with E-state index < -0.39 is 0 Å². The van der Waals surface area contributed by atoms with Gasteiger partial charge in [-0.05, 0) is 45.8 Å². The first-order chi connectivity index (χ1) is 8.40. The summed E-state index contributed by atoms with van der Waals surface area (Å²) in [6, 6.07) is 6.78. The minimum absolute atomic E-state index is 0.403. The maximum atomic E-state index is 6.14. The molecule has 0 aliphatic carbocycles. The third kappa shape index (κ3) is 2.92. The average Bonchev–Trinajstić information content (AvgIpc) is 2.30. The number of halogens is 6. The highest BCUT2D eigenvalue weighted by atomic mass is 79.9. The number of hydrogen-bond acceptors (Lipinski definition) is 0. The van der Waals surface area contributed by atoms with Crippen LogP contribution in [-0.4, -0.2) is 0 Å². The van der Waals surface area contributed by atoms with Gasteiger partial charge in [0.05, 0.1) is 24.6 Å². The molecule has 0 aromatic heterocycles. The van der Waals surface area contributed by atoms with Gasteiger partial charge in [0, 0.05) is 10.6 Å². The minimum atomic E-state index is 0.403. The Labute approximate surface area is 138 Å². The fourth-order valence-electron chi connectivity index (χ4n) is 1.45. The van der Waals surface area contributed by atoms with Crippen molar-refractivity contribution in [1.29, 1.82) is 0 Å². The summed E-state index contributed by atoms with van der Waals surface area (Å²) in [6.07, 6.45) is 0. The van der Waals surface area contributed by atoms with E-state index in [4.69, 9.17) is 58.0 Å². The van der Waals surface area contributed by atoms with Crippen LogP contribution < -0.4 is 0 Å². The molecule has 0 heterocycles. The Morgan fingerprint density at radius 2 is 1.11 bits per heavy atom. The molecule has 0 spiro atoms. The molecule has 0 radical (unpaired) electrons. The van der Waals surface area contributed by atoms with Crippen molar-refractivity contribution in [3.8, 4) is 11.1 Å². The summed E-state index contributed by atoms with van der Waals surface area (Å²) in [7, 11) is 0. The molecule has 0 aliphatic heterocycles. The molecule has 0 fully saturated rings. The van der Waals surface area contributed by atoms with Crippen LogP contribution in [0.25, 0.3) is 11.1 Å². The van der Waals surface area contributed by atoms with Crippen molar-refractivity contribution >= 4 is 73.9 Å². The zero-order valence-corrected chi connectivity index (χ0v) is 13.9. The van der Waals surface area contributed by atoms with E-state index in [1.807, 2.05) is 0 Å². The summed E-state index contributed by atoms with van der Waals surface area (Å²) >= 11 is 33.4. The Balaban J connectivity index is 2.66. The van der Waals surface area contributed by atoms with Crippen molar-refractivity contribution in [2.24, 2.45) is 0 Å². The smallest absolute Gasteiger partial charge is 0.0607 e. The third-order valence-corrected chi connectivity index (χ3v) is 5.25. The Morgan fingerprint density at radius 1 is 0.611 bits per heavy atom. The van der Waals surface area contributed by atoms with Gasteiger partial charge in [0.2, 0.25) is 0 Å². The lowest BCUT2D eigenvalue weighted by Gasteiger charge is -2.09. The van der Waals surface area contributed by atoms with Gasteiger partial charge in [-0.25, -0.2) is 0 Å². The Kier molecular flexibility index (Phi) is 4.75. The van der Waals surface area contributed by atoms with Crippen LogP contribution in [0.3, 0.4) is 0 Å². The summed E-state index contributed by atoms with van der Waals surface area (Å²) in [4.78, 5) is 0. The van der Waals surface area contributed by atoms with Crippen LogP contribution in [0.2, 0.25) is 25.1 Å². The molecule has 0 N–H and O–H groups in total. The predicted octanol–water partition coefficient (Wildman–Crippen LogP) is 7.38. The lowest BCUT2D eigenvalue weighted by Crippen LogP contribution is -1.83. The van der Waals surface area contributed by atoms with Crippen molar-refractivity contribution in [2.45, 2.75) is 0 Å². The first-order valence-electron chi connectivity index (χ1n) is 4.69. The maximum absolute atomic E-state index is 6.14. The maximum Gasteiger partial charge on any atom is 0.0607 e. The fraction of sp³-hybridized carbons (Fsp3) is 0. The van der Waals surface area contributed by atoms with Crippen molar-refractivity contribution in [2.75, 3.05) is 0 Å². The van der Waals surface area contributed by atoms with Crippen LogP contribution in [0, 0.1) is 0 Å². The Hall–Kier alpha value is 0.370. The topological polar surface area (TPSA) is 0 Å². The van der Waals surface area contributed by atoms with Crippen molar-refractivity contribution in [3.05, 3.63) is 53.9 Å². The Morgan fingerprint density at radius 3 is 1.67 bits per heavy atom. The van der Waals surface area contributed by atoms with Gasteiger partial charge in [0.1, 0.15) is 0 Å². The van der Waals surface area contributed by atoms with E-state index in [9.17, 15) is 0 Å². The zero-order chi connectivity index (χ0) is 13.4. The molecule has 0 atom stereocenters. The second-order valence-electron chi connectivity index (χ2n) is 3.50. The van der Waals surface area contributed by atoms with Crippen LogP contribution >= 0.6 is 73.9 Å². The molecule has 0 unspecified atom stereocenters. The van der Waals surface area contributed by atoms with Crippen molar-refractivity contribution in [3.63, 3.8) is 0 Å². The van der Waals surface area contributed by atoms with Gasteiger partial charge >= 0.3 is 0 Å². The first-order valence-corrected chi connectivity index (χ1v) is 7.38. The van der Waals surface area contributed by atoms with Gasteiger partial charge < -0.3 is 0 Å². The highest BCUT2D eigenvalue weighted by molar-refractivity contribution is 9.10. The molecule has 2 rings (SSSR count). The van der Waals surface area contributed by atoms with Gasteiger partial charge in [-0.2, -0.15) is 0 Å². The summed E-state index contributed by atoms with van der Waals surface area (Å²) < 4.78 is 0.644. The second kappa shape index (κ2) is 5.78. The largest absolute Gasteiger partial charge is 0.0836 e. The highest BCUT2D eigenvalue weighted by Gasteiger charge is 2.12. The molecule has 0 saturated heterocycles. The molecule has 6 heteroatoms. The molecule has 0 aliphatic rings. The fourth-order valence-corrected chi connectivity index (χ4v) is 2.83. The summed E-state index contributed by atoms with van der Waals surface area (Å²) in [6.45, 7) is 0. The molecule has 0 bridgehead atoms. The van der Waals surface area contributed by atoms with Gasteiger partial charge in [0.15, 0.2) is 0 Å². The lowest BCUT2D eigenvalue weighted by molar-refractivity contribution is 1.59. The third-order valence-electron chi connectivity index (χ3n) is 2.30. The molecule has 0 nitrogen and oxygen atoms in total. The van der Waals surface area contributed by atoms with E-state index in [-0.39, 0.29) is 0 Å². The van der Waals surface area contributed by atoms with E-state index in [1.54, 1.807) is 24.3 Å². The van der Waals surface area contributed by atoms with E-state index in [0.29, 0.717) is 29.6 Å². The van der Waals surface area contributed by atoms with Gasteiger partial charge in [-0.3, -0.25) is 0 Å². The van der Waals surface area contributed by atoms with Crippen molar-refractivity contribution < 1.29 is 0 Å². The van der Waals surface area contributed by atoms with Crippen LogP contribution in [0.5, 0.6) is 0 Å². The SMILES string of the molecule is Clc1cc(Cl)c(-c2cc(Cl)c(Br)c(Cl)c2)cc1Cl. The summed E-state index contributed by atoms with van der Waals surface area (Å²) in [5.41, 5.74) is 1.50. The number of rotatable bonds is 1. The van der Waals surface area contributed by atoms with Gasteiger partial charge in [-0.1, -0.05) is 58.0 Å². The monoisotopic (exact) mass is 402 g/mol. The normalized spacial score (nSPS) is 10.8. The lowest BCUT2D eigenvalue weighted by atomic mass is 10.1. The summed E-state index contributed by atoms with van der Waals surface area (Å²) in [5.74, 6) is 0. The van der Waals surface area contributed by atoms with E-state index in [1.165, 1.54) is 0 Å². The van der Waals surface area contributed by atoms with Gasteiger partial charge in [0.25, 0.3) is 0 Å². The van der Waals surface area contributed by atoms with Crippen LogP contribution in [0.1, 0.15) is 0 Å². The molecule has 18 heavy (non-hydrogen) atoms. The number of benzene rings is 2. The van der Waals surface area contributed by atoms with Crippen LogP contribution in [-0.2, 0) is 0 Å². The Bertz CT molecular complexity index is 601. The zero-order valence-electron chi connectivity index (χ0n) is 8.58. The second-order valence-corrected chi connectivity index (χ2v) is 6.33. The average molecular weight is 405 g/mol. The highest BCUT2D eigenvalue weighted by Crippen LogP contribution is 2.40. The van der Waals surface area contributed by atoms with Crippen LogP contribution in [0.4, 0.5) is 0 Å². The van der Waals surface area contributed by atoms with Crippen LogP contribution in [0.15, 0.2) is 28.7 Å². The molecule has 2 aromatic carbocycles. The van der Waals surface area contributed by atoms with E-state index in [2.05, 4.69) is 15.9 Å². The predicted molar refractivity (Wildman–Crippen MR) is 84.6 cm³/mol. The molecule has 2 aromatic rings. The van der Waals surface area contributed by atoms with Crippen molar-refractivity contribution in [1.82, 2.24) is 0 Å².